The molecular weight excluding hydrogens is 338 g/mol. The van der Waals surface area contributed by atoms with Gasteiger partial charge in [-0.3, -0.25) is 4.79 Å². The fourth-order valence-corrected chi connectivity index (χ4v) is 2.32. The zero-order valence-corrected chi connectivity index (χ0v) is 14.4. The summed E-state index contributed by atoms with van der Waals surface area (Å²) >= 11 is 3.44. The van der Waals surface area contributed by atoms with Crippen LogP contribution >= 0.6 is 15.9 Å². The summed E-state index contributed by atoms with van der Waals surface area (Å²) in [4.78, 5) is 11.1. The Kier molecular flexibility index (Phi) is 6.04. The van der Waals surface area contributed by atoms with Crippen LogP contribution in [0.2, 0.25) is 0 Å². The molecule has 0 saturated carbocycles. The molecule has 0 amide bonds. The molecule has 0 aliphatic heterocycles. The minimum Gasteiger partial charge on any atom is -0.493 e. The van der Waals surface area contributed by atoms with Gasteiger partial charge in [-0.25, -0.2) is 0 Å². The zero-order valence-electron chi connectivity index (χ0n) is 12.8. The maximum absolute atomic E-state index is 11.1. The molecule has 5 nitrogen and oxygen atoms in total. The molecule has 1 unspecified atom stereocenters. The fourth-order valence-electron chi connectivity index (χ4n) is 1.72. The van der Waals surface area contributed by atoms with Crippen LogP contribution in [0.25, 0.3) is 0 Å². The van der Waals surface area contributed by atoms with Gasteiger partial charge in [-0.2, -0.15) is 0 Å². The van der Waals surface area contributed by atoms with Crippen molar-refractivity contribution in [2.45, 2.75) is 33.2 Å². The third-order valence-electron chi connectivity index (χ3n) is 3.00. The topological polar surface area (TPSA) is 81.8 Å². The molecule has 3 N–H and O–H groups in total. The summed E-state index contributed by atoms with van der Waals surface area (Å²) in [5.74, 6) is 0.146. The van der Waals surface area contributed by atoms with E-state index in [-0.39, 0.29) is 12.6 Å². The van der Waals surface area contributed by atoms with Crippen LogP contribution in [0.4, 0.5) is 0 Å². The van der Waals surface area contributed by atoms with Gasteiger partial charge >= 0.3 is 5.97 Å². The van der Waals surface area contributed by atoms with Crippen molar-refractivity contribution in [3.63, 3.8) is 0 Å². The first-order valence-corrected chi connectivity index (χ1v) is 7.45. The number of halogens is 1. The molecule has 1 aromatic carbocycles. The molecule has 0 bridgehead atoms. The Labute approximate surface area is 133 Å². The maximum Gasteiger partial charge on any atom is 0.312 e. The lowest BCUT2D eigenvalue weighted by molar-refractivity contribution is -0.148. The third-order valence-corrected chi connectivity index (χ3v) is 3.59. The van der Waals surface area contributed by atoms with Gasteiger partial charge in [-0.15, -0.1) is 0 Å². The van der Waals surface area contributed by atoms with Crippen LogP contribution in [0, 0.1) is 5.41 Å². The van der Waals surface area contributed by atoms with Crippen LogP contribution in [0.1, 0.15) is 26.3 Å². The first-order valence-electron chi connectivity index (χ1n) is 6.65. The molecule has 6 heteroatoms. The van der Waals surface area contributed by atoms with Crippen LogP contribution < -0.4 is 15.2 Å². The van der Waals surface area contributed by atoms with Crippen molar-refractivity contribution >= 4 is 21.9 Å². The standard InChI is InChI=1S/C15H22BrNO4/c1-9(17)5-10-6-11(16)13(12(7-10)20-4)21-8-15(2,3)14(18)19/h6-7,9H,5,8,17H2,1-4H3,(H,18,19). The van der Waals surface area contributed by atoms with Crippen LogP contribution in [0.5, 0.6) is 11.5 Å². The minimum atomic E-state index is -0.977. The summed E-state index contributed by atoms with van der Waals surface area (Å²) in [6.45, 7) is 5.20. The Morgan fingerprint density at radius 2 is 2.10 bits per heavy atom. The monoisotopic (exact) mass is 359 g/mol. The van der Waals surface area contributed by atoms with Gasteiger partial charge in [-0.05, 0) is 60.8 Å². The number of rotatable bonds is 7. The van der Waals surface area contributed by atoms with E-state index in [9.17, 15) is 4.79 Å². The normalized spacial score (nSPS) is 12.9. The number of carboxylic acid groups (broad SMARTS) is 1. The summed E-state index contributed by atoms with van der Waals surface area (Å²) in [5, 5.41) is 9.12. The van der Waals surface area contributed by atoms with E-state index in [1.54, 1.807) is 21.0 Å². The first kappa shape index (κ1) is 17.8. The van der Waals surface area contributed by atoms with Crippen LogP contribution in [0.15, 0.2) is 16.6 Å². The largest absolute Gasteiger partial charge is 0.493 e. The van der Waals surface area contributed by atoms with Crippen molar-refractivity contribution in [3.8, 4) is 11.5 Å². The number of methoxy groups -OCH3 is 1. The summed E-state index contributed by atoms with van der Waals surface area (Å²) in [7, 11) is 1.55. The Hall–Kier alpha value is -1.27. The van der Waals surface area contributed by atoms with E-state index in [4.69, 9.17) is 20.3 Å². The van der Waals surface area contributed by atoms with Crippen LogP contribution in [-0.4, -0.2) is 30.8 Å². The second-order valence-electron chi connectivity index (χ2n) is 5.77. The molecule has 0 fully saturated rings. The molecule has 1 aromatic rings. The van der Waals surface area contributed by atoms with Crippen molar-refractivity contribution in [1.29, 1.82) is 0 Å². The molecule has 0 aliphatic rings. The maximum atomic E-state index is 11.1. The third kappa shape index (κ3) is 4.89. The second kappa shape index (κ2) is 7.13. The predicted molar refractivity (Wildman–Crippen MR) is 85.0 cm³/mol. The Balaban J connectivity index is 2.99. The van der Waals surface area contributed by atoms with E-state index >= 15 is 0 Å². The van der Waals surface area contributed by atoms with Crippen LogP contribution in [0.3, 0.4) is 0 Å². The second-order valence-corrected chi connectivity index (χ2v) is 6.62. The van der Waals surface area contributed by atoms with Gasteiger partial charge in [0.05, 0.1) is 17.0 Å². The predicted octanol–water partition coefficient (Wildman–Crippen LogP) is 2.84. The average molecular weight is 360 g/mol. The Morgan fingerprint density at radius 3 is 2.57 bits per heavy atom. The number of carbonyl (C=O) groups is 1. The number of hydrogen-bond donors (Lipinski definition) is 2. The van der Waals surface area contributed by atoms with Crippen molar-refractivity contribution < 1.29 is 19.4 Å². The molecule has 1 rings (SSSR count). The summed E-state index contributed by atoms with van der Waals surface area (Å²) < 4.78 is 11.7. The van der Waals surface area contributed by atoms with E-state index in [1.165, 1.54) is 0 Å². The van der Waals surface area contributed by atoms with E-state index in [0.29, 0.717) is 11.5 Å². The Morgan fingerprint density at radius 1 is 1.48 bits per heavy atom. The minimum absolute atomic E-state index is 0.0410. The molecule has 1 atom stereocenters. The van der Waals surface area contributed by atoms with Crippen molar-refractivity contribution in [2.24, 2.45) is 11.1 Å². The van der Waals surface area contributed by atoms with Gasteiger partial charge in [-0.1, -0.05) is 0 Å². The van der Waals surface area contributed by atoms with Gasteiger partial charge in [0, 0.05) is 6.04 Å². The molecule has 0 saturated heterocycles. The lowest BCUT2D eigenvalue weighted by Crippen LogP contribution is -2.30. The van der Waals surface area contributed by atoms with Crippen molar-refractivity contribution in [2.75, 3.05) is 13.7 Å². The molecule has 0 aliphatic carbocycles. The lowest BCUT2D eigenvalue weighted by Gasteiger charge is -2.21. The van der Waals surface area contributed by atoms with E-state index in [1.807, 2.05) is 19.1 Å². The molecule has 0 radical (unpaired) electrons. The highest BCUT2D eigenvalue weighted by Gasteiger charge is 2.29. The smallest absolute Gasteiger partial charge is 0.312 e. The molecule has 0 heterocycles. The summed E-state index contributed by atoms with van der Waals surface area (Å²) in [6, 6.07) is 3.81. The highest BCUT2D eigenvalue weighted by Crippen LogP contribution is 2.37. The first-order chi connectivity index (χ1) is 9.67. The number of carboxylic acids is 1. The van der Waals surface area contributed by atoms with Crippen molar-refractivity contribution in [1.82, 2.24) is 0 Å². The van der Waals surface area contributed by atoms with Gasteiger partial charge < -0.3 is 20.3 Å². The fraction of sp³-hybridized carbons (Fsp3) is 0.533. The zero-order chi connectivity index (χ0) is 16.2. The van der Waals surface area contributed by atoms with Gasteiger partial charge in [0.1, 0.15) is 6.61 Å². The Bertz CT molecular complexity index is 515. The average Bonchev–Trinajstić information content (AvgIpc) is 2.35. The summed E-state index contributed by atoms with van der Waals surface area (Å²) in [6.07, 6.45) is 0.718. The van der Waals surface area contributed by atoms with Gasteiger partial charge in [0.15, 0.2) is 11.5 Å². The lowest BCUT2D eigenvalue weighted by atomic mass is 9.95. The molecule has 21 heavy (non-hydrogen) atoms. The van der Waals surface area contributed by atoms with Crippen molar-refractivity contribution in [3.05, 3.63) is 22.2 Å². The quantitative estimate of drug-likeness (QED) is 0.782. The summed E-state index contributed by atoms with van der Waals surface area (Å²) in [5.41, 5.74) is 5.85. The highest BCUT2D eigenvalue weighted by molar-refractivity contribution is 9.10. The molecule has 0 spiro atoms. The molecule has 118 valence electrons. The molecular formula is C15H22BrNO4. The number of nitrogens with two attached hydrogens (primary N) is 1. The highest BCUT2D eigenvalue weighted by atomic mass is 79.9. The van der Waals surface area contributed by atoms with E-state index in [0.717, 1.165) is 16.5 Å². The molecule has 0 aromatic heterocycles. The number of aliphatic carboxylic acids is 1. The van der Waals surface area contributed by atoms with Crippen LogP contribution in [-0.2, 0) is 11.2 Å². The number of benzene rings is 1. The number of hydrogen-bond acceptors (Lipinski definition) is 4. The van der Waals surface area contributed by atoms with E-state index < -0.39 is 11.4 Å². The van der Waals surface area contributed by atoms with Gasteiger partial charge in [0.25, 0.3) is 0 Å². The van der Waals surface area contributed by atoms with E-state index in [2.05, 4.69) is 15.9 Å². The number of ether oxygens (including phenoxy) is 2. The van der Waals surface area contributed by atoms with Gasteiger partial charge in [0.2, 0.25) is 0 Å². The SMILES string of the molecule is COc1cc(CC(C)N)cc(Br)c1OCC(C)(C)C(=O)O.